The third-order valence-corrected chi connectivity index (χ3v) is 3.76. The molecule has 1 aliphatic rings. The largest absolute Gasteiger partial charge is 0.476 e. The van der Waals surface area contributed by atoms with Gasteiger partial charge in [0.1, 0.15) is 0 Å². The summed E-state index contributed by atoms with van der Waals surface area (Å²) in [6.07, 6.45) is 4.15. The first-order chi connectivity index (χ1) is 10.0. The van der Waals surface area contributed by atoms with Gasteiger partial charge in [0, 0.05) is 25.0 Å². The molecule has 21 heavy (non-hydrogen) atoms. The molecule has 8 nitrogen and oxygen atoms in total. The first-order valence-corrected chi connectivity index (χ1v) is 6.75. The summed E-state index contributed by atoms with van der Waals surface area (Å²) in [5, 5.41) is 16.4. The summed E-state index contributed by atoms with van der Waals surface area (Å²) in [5.74, 6) is -0.354. The summed E-state index contributed by atoms with van der Waals surface area (Å²) >= 11 is 0. The van der Waals surface area contributed by atoms with Gasteiger partial charge in [0.25, 0.3) is 0 Å². The Balaban J connectivity index is 1.75. The lowest BCUT2D eigenvalue weighted by molar-refractivity contribution is 0.0690. The molecule has 0 bridgehead atoms. The topological polar surface area (TPSA) is 97.0 Å². The molecule has 0 aromatic carbocycles. The van der Waals surface area contributed by atoms with Crippen LogP contribution in [0.2, 0.25) is 0 Å². The molecule has 8 heteroatoms. The molecule has 3 rings (SSSR count). The predicted octanol–water partition coefficient (Wildman–Crippen LogP) is 0.835. The average Bonchev–Trinajstić information content (AvgIpc) is 3.09. The second-order valence-corrected chi connectivity index (χ2v) is 5.22. The van der Waals surface area contributed by atoms with Crippen LogP contribution in [0.25, 0.3) is 0 Å². The van der Waals surface area contributed by atoms with Crippen molar-refractivity contribution < 1.29 is 9.90 Å². The van der Waals surface area contributed by atoms with Crippen molar-refractivity contribution >= 4 is 11.9 Å². The van der Waals surface area contributed by atoms with E-state index in [-0.39, 0.29) is 11.7 Å². The molecule has 1 aliphatic heterocycles. The molecule has 0 amide bonds. The van der Waals surface area contributed by atoms with E-state index in [0.29, 0.717) is 12.5 Å². The van der Waals surface area contributed by atoms with Crippen LogP contribution in [0.1, 0.15) is 34.2 Å². The molecule has 1 fully saturated rings. The van der Waals surface area contributed by atoms with Gasteiger partial charge in [-0.1, -0.05) is 5.21 Å². The average molecular weight is 288 g/mol. The van der Waals surface area contributed by atoms with E-state index in [1.165, 1.54) is 6.20 Å². The van der Waals surface area contributed by atoms with Crippen LogP contribution in [0.15, 0.2) is 12.4 Å². The number of anilines is 1. The molecular formula is C13H16N6O2. The highest BCUT2D eigenvalue weighted by Gasteiger charge is 2.27. The molecule has 0 radical (unpaired) electrons. The van der Waals surface area contributed by atoms with Crippen LogP contribution in [-0.4, -0.2) is 49.1 Å². The van der Waals surface area contributed by atoms with E-state index in [0.717, 1.165) is 24.2 Å². The Morgan fingerprint density at radius 3 is 2.90 bits per heavy atom. The van der Waals surface area contributed by atoms with Gasteiger partial charge in [0.2, 0.25) is 5.95 Å². The minimum Gasteiger partial charge on any atom is -0.476 e. The van der Waals surface area contributed by atoms with E-state index in [1.807, 2.05) is 20.0 Å². The maximum Gasteiger partial charge on any atom is 0.358 e. The van der Waals surface area contributed by atoms with E-state index in [1.54, 1.807) is 4.68 Å². The van der Waals surface area contributed by atoms with Crippen molar-refractivity contribution in [2.45, 2.75) is 26.3 Å². The van der Waals surface area contributed by atoms with E-state index >= 15 is 0 Å². The summed E-state index contributed by atoms with van der Waals surface area (Å²) in [6.45, 7) is 5.46. The van der Waals surface area contributed by atoms with Crippen molar-refractivity contribution in [2.24, 2.45) is 0 Å². The zero-order valence-electron chi connectivity index (χ0n) is 11.9. The van der Waals surface area contributed by atoms with Gasteiger partial charge in [-0.05, 0) is 25.8 Å². The maximum atomic E-state index is 10.8. The predicted molar refractivity (Wildman–Crippen MR) is 74.4 cm³/mol. The Morgan fingerprint density at radius 1 is 1.43 bits per heavy atom. The number of nitrogens with zero attached hydrogens (tertiary/aromatic N) is 6. The fourth-order valence-corrected chi connectivity index (χ4v) is 2.36. The Bertz CT molecular complexity index is 683. The number of aromatic nitrogens is 5. The second-order valence-electron chi connectivity index (χ2n) is 5.22. The molecule has 1 unspecified atom stereocenters. The molecule has 1 N–H and O–H groups in total. The van der Waals surface area contributed by atoms with E-state index < -0.39 is 5.97 Å². The molecule has 2 aromatic heterocycles. The monoisotopic (exact) mass is 288 g/mol. The zero-order chi connectivity index (χ0) is 15.0. The van der Waals surface area contributed by atoms with Gasteiger partial charge < -0.3 is 10.0 Å². The highest BCUT2D eigenvalue weighted by Crippen LogP contribution is 2.24. The lowest BCUT2D eigenvalue weighted by Gasteiger charge is -2.16. The number of hydrogen-bond donors (Lipinski definition) is 1. The highest BCUT2D eigenvalue weighted by atomic mass is 16.4. The Kier molecular flexibility index (Phi) is 3.28. The smallest absolute Gasteiger partial charge is 0.358 e. The summed E-state index contributed by atoms with van der Waals surface area (Å²) in [4.78, 5) is 21.8. The number of aromatic carboxylic acids is 1. The SMILES string of the molecule is Cc1cnc(N2CCC(n3cc(C(=O)O)nn3)C2)nc1C. The molecule has 2 aromatic rings. The Morgan fingerprint density at radius 2 is 2.24 bits per heavy atom. The van der Waals surface area contributed by atoms with Gasteiger partial charge >= 0.3 is 5.97 Å². The molecule has 0 spiro atoms. The molecule has 0 aliphatic carbocycles. The van der Waals surface area contributed by atoms with Crippen molar-refractivity contribution in [3.8, 4) is 0 Å². The van der Waals surface area contributed by atoms with Crippen LogP contribution >= 0.6 is 0 Å². The van der Waals surface area contributed by atoms with Gasteiger partial charge in [0.15, 0.2) is 5.69 Å². The van der Waals surface area contributed by atoms with Crippen LogP contribution in [0, 0.1) is 13.8 Å². The molecule has 0 saturated carbocycles. The van der Waals surface area contributed by atoms with Gasteiger partial charge in [-0.15, -0.1) is 5.10 Å². The van der Waals surface area contributed by atoms with Crippen LogP contribution in [0.4, 0.5) is 5.95 Å². The summed E-state index contributed by atoms with van der Waals surface area (Å²) in [7, 11) is 0. The van der Waals surface area contributed by atoms with Gasteiger partial charge in [-0.2, -0.15) is 0 Å². The number of aryl methyl sites for hydroxylation is 2. The highest BCUT2D eigenvalue weighted by molar-refractivity contribution is 5.84. The van der Waals surface area contributed by atoms with Gasteiger partial charge in [-0.25, -0.2) is 19.4 Å². The fraction of sp³-hybridized carbons (Fsp3) is 0.462. The summed E-state index contributed by atoms with van der Waals surface area (Å²) in [5.41, 5.74) is 2.00. The van der Waals surface area contributed by atoms with Crippen LogP contribution in [-0.2, 0) is 0 Å². The van der Waals surface area contributed by atoms with E-state index in [9.17, 15) is 4.79 Å². The third-order valence-electron chi connectivity index (χ3n) is 3.76. The van der Waals surface area contributed by atoms with Crippen LogP contribution < -0.4 is 4.90 Å². The van der Waals surface area contributed by atoms with Crippen molar-refractivity contribution in [1.82, 2.24) is 25.0 Å². The fourth-order valence-electron chi connectivity index (χ4n) is 2.36. The number of carboxylic acid groups (broad SMARTS) is 1. The number of carbonyl (C=O) groups is 1. The summed E-state index contributed by atoms with van der Waals surface area (Å²) < 4.78 is 1.62. The maximum absolute atomic E-state index is 10.8. The first-order valence-electron chi connectivity index (χ1n) is 6.75. The van der Waals surface area contributed by atoms with Crippen molar-refractivity contribution in [1.29, 1.82) is 0 Å². The van der Waals surface area contributed by atoms with Gasteiger partial charge in [-0.3, -0.25) is 0 Å². The van der Waals surface area contributed by atoms with Crippen molar-refractivity contribution in [3.63, 3.8) is 0 Å². The normalized spacial score (nSPS) is 18.2. The lowest BCUT2D eigenvalue weighted by atomic mass is 10.3. The molecule has 1 atom stereocenters. The Labute approximate surface area is 121 Å². The van der Waals surface area contributed by atoms with Crippen molar-refractivity contribution in [2.75, 3.05) is 18.0 Å². The van der Waals surface area contributed by atoms with Gasteiger partial charge in [0.05, 0.1) is 12.2 Å². The zero-order valence-corrected chi connectivity index (χ0v) is 11.9. The van der Waals surface area contributed by atoms with Crippen molar-refractivity contribution in [3.05, 3.63) is 29.3 Å². The minimum absolute atomic E-state index is 0.0316. The van der Waals surface area contributed by atoms with E-state index in [2.05, 4.69) is 25.2 Å². The summed E-state index contributed by atoms with van der Waals surface area (Å²) in [6, 6.07) is 0.0933. The van der Waals surface area contributed by atoms with Crippen LogP contribution in [0.3, 0.4) is 0 Å². The third kappa shape index (κ3) is 2.56. The van der Waals surface area contributed by atoms with E-state index in [4.69, 9.17) is 5.11 Å². The minimum atomic E-state index is -1.06. The number of carboxylic acids is 1. The number of rotatable bonds is 3. The quantitative estimate of drug-likeness (QED) is 0.893. The second kappa shape index (κ2) is 5.12. The first kappa shape index (κ1) is 13.5. The standard InChI is InChI=1S/C13H16N6O2/c1-8-5-14-13(15-9(8)2)18-4-3-10(6-18)19-7-11(12(20)21)16-17-19/h5,7,10H,3-4,6H2,1-2H3,(H,20,21). The molecule has 1 saturated heterocycles. The molecule has 110 valence electrons. The van der Waals surface area contributed by atoms with Crippen LogP contribution in [0.5, 0.6) is 0 Å². The molecule has 3 heterocycles. The Hall–Kier alpha value is -2.51. The number of hydrogen-bond acceptors (Lipinski definition) is 6. The lowest BCUT2D eigenvalue weighted by Crippen LogP contribution is -2.23. The molecular weight excluding hydrogens is 272 g/mol.